The van der Waals surface area contributed by atoms with Crippen molar-refractivity contribution >= 4 is 15.7 Å². The summed E-state index contributed by atoms with van der Waals surface area (Å²) in [5.41, 5.74) is 1.35. The van der Waals surface area contributed by atoms with E-state index in [9.17, 15) is 18.5 Å². The molecular weight excluding hydrogens is 360 g/mol. The summed E-state index contributed by atoms with van der Waals surface area (Å²) in [6, 6.07) is 11.0. The number of hydrogen-bond acceptors (Lipinski definition) is 6. The highest BCUT2D eigenvalue weighted by Crippen LogP contribution is 2.30. The quantitative estimate of drug-likeness (QED) is 0.583. The van der Waals surface area contributed by atoms with Crippen molar-refractivity contribution in [3.8, 4) is 11.5 Å². The van der Waals surface area contributed by atoms with E-state index in [4.69, 9.17) is 9.47 Å². The predicted octanol–water partition coefficient (Wildman–Crippen LogP) is 2.03. The number of ether oxygens (including phenoxy) is 2. The van der Waals surface area contributed by atoms with Crippen molar-refractivity contribution in [2.75, 3.05) is 19.8 Å². The van der Waals surface area contributed by atoms with Gasteiger partial charge in [-0.25, -0.2) is 13.1 Å². The molecule has 0 saturated heterocycles. The van der Waals surface area contributed by atoms with E-state index in [0.29, 0.717) is 36.7 Å². The second-order valence-electron chi connectivity index (χ2n) is 5.80. The first-order valence-corrected chi connectivity index (χ1v) is 9.67. The number of non-ortho nitro benzene ring substituents is 1. The second kappa shape index (κ2) is 7.71. The van der Waals surface area contributed by atoms with Crippen LogP contribution in [0.4, 0.5) is 5.69 Å². The van der Waals surface area contributed by atoms with Gasteiger partial charge in [0, 0.05) is 18.7 Å². The van der Waals surface area contributed by atoms with Crippen LogP contribution in [-0.2, 0) is 22.2 Å². The number of sulfonamides is 1. The standard InChI is InChI=1S/C17H18N2O6S/c20-19(21)15-4-1-14(2-5-15)12-26(22,23)18-8-7-13-3-6-16-17(11-13)25-10-9-24-16/h1-6,11,18H,7-10,12H2. The maximum atomic E-state index is 12.2. The number of fused-ring (bicyclic) bond motifs is 1. The van der Waals surface area contributed by atoms with Gasteiger partial charge in [0.1, 0.15) is 13.2 Å². The Morgan fingerprint density at radius 2 is 1.65 bits per heavy atom. The van der Waals surface area contributed by atoms with Crippen molar-refractivity contribution in [1.29, 1.82) is 0 Å². The van der Waals surface area contributed by atoms with Crippen molar-refractivity contribution in [1.82, 2.24) is 4.72 Å². The van der Waals surface area contributed by atoms with Crippen LogP contribution in [0.2, 0.25) is 0 Å². The second-order valence-corrected chi connectivity index (χ2v) is 7.61. The molecule has 1 aliphatic heterocycles. The smallest absolute Gasteiger partial charge is 0.269 e. The highest BCUT2D eigenvalue weighted by molar-refractivity contribution is 7.88. The van der Waals surface area contributed by atoms with Crippen LogP contribution in [0.1, 0.15) is 11.1 Å². The third-order valence-electron chi connectivity index (χ3n) is 3.85. The molecule has 8 nitrogen and oxygen atoms in total. The zero-order valence-electron chi connectivity index (χ0n) is 13.9. The lowest BCUT2D eigenvalue weighted by Gasteiger charge is -2.18. The van der Waals surface area contributed by atoms with Crippen LogP contribution < -0.4 is 14.2 Å². The van der Waals surface area contributed by atoms with Gasteiger partial charge in [0.25, 0.3) is 5.69 Å². The third kappa shape index (κ3) is 4.70. The van der Waals surface area contributed by atoms with Crippen LogP contribution in [0, 0.1) is 10.1 Å². The number of nitrogens with one attached hydrogen (secondary N) is 1. The summed E-state index contributed by atoms with van der Waals surface area (Å²) in [7, 11) is -3.53. The van der Waals surface area contributed by atoms with Gasteiger partial charge in [-0.15, -0.1) is 0 Å². The average molecular weight is 378 g/mol. The van der Waals surface area contributed by atoms with E-state index in [2.05, 4.69) is 4.72 Å². The maximum Gasteiger partial charge on any atom is 0.269 e. The molecule has 0 amide bonds. The van der Waals surface area contributed by atoms with E-state index in [1.54, 1.807) is 0 Å². The summed E-state index contributed by atoms with van der Waals surface area (Å²) in [6.07, 6.45) is 0.510. The van der Waals surface area contributed by atoms with Gasteiger partial charge in [0.15, 0.2) is 11.5 Å². The predicted molar refractivity (Wildman–Crippen MR) is 94.9 cm³/mol. The van der Waals surface area contributed by atoms with Gasteiger partial charge in [-0.05, 0) is 29.7 Å². The molecule has 1 heterocycles. The molecule has 138 valence electrons. The van der Waals surface area contributed by atoms with Gasteiger partial charge in [-0.3, -0.25) is 10.1 Å². The van der Waals surface area contributed by atoms with Crippen LogP contribution in [0.5, 0.6) is 11.5 Å². The van der Waals surface area contributed by atoms with Crippen LogP contribution in [-0.4, -0.2) is 33.1 Å². The lowest BCUT2D eigenvalue weighted by Crippen LogP contribution is -2.27. The van der Waals surface area contributed by atoms with E-state index >= 15 is 0 Å². The molecule has 0 saturated carbocycles. The average Bonchev–Trinajstić information content (AvgIpc) is 2.61. The fourth-order valence-corrected chi connectivity index (χ4v) is 3.72. The highest BCUT2D eigenvalue weighted by atomic mass is 32.2. The molecule has 0 unspecified atom stereocenters. The van der Waals surface area contributed by atoms with E-state index < -0.39 is 14.9 Å². The molecule has 26 heavy (non-hydrogen) atoms. The molecule has 2 aromatic rings. The minimum atomic E-state index is -3.53. The molecule has 0 spiro atoms. The molecule has 0 fully saturated rings. The molecular formula is C17H18N2O6S. The van der Waals surface area contributed by atoms with Gasteiger partial charge in [-0.2, -0.15) is 0 Å². The monoisotopic (exact) mass is 378 g/mol. The van der Waals surface area contributed by atoms with Crippen LogP contribution in [0.3, 0.4) is 0 Å². The molecule has 0 atom stereocenters. The summed E-state index contributed by atoms with van der Waals surface area (Å²) >= 11 is 0. The van der Waals surface area contributed by atoms with E-state index in [-0.39, 0.29) is 18.0 Å². The summed E-state index contributed by atoms with van der Waals surface area (Å²) in [6.45, 7) is 1.27. The fraction of sp³-hybridized carbons (Fsp3) is 0.294. The molecule has 0 aromatic heterocycles. The molecule has 9 heteroatoms. The first-order valence-electron chi connectivity index (χ1n) is 8.02. The normalized spacial score (nSPS) is 13.4. The van der Waals surface area contributed by atoms with Gasteiger partial charge in [0.05, 0.1) is 10.7 Å². The van der Waals surface area contributed by atoms with Gasteiger partial charge < -0.3 is 9.47 Å². The number of benzene rings is 2. The Morgan fingerprint density at radius 1 is 1.00 bits per heavy atom. The van der Waals surface area contributed by atoms with Crippen molar-refractivity contribution in [2.45, 2.75) is 12.2 Å². The number of nitrogens with zero attached hydrogens (tertiary/aromatic N) is 1. The lowest BCUT2D eigenvalue weighted by molar-refractivity contribution is -0.384. The van der Waals surface area contributed by atoms with Crippen molar-refractivity contribution in [2.24, 2.45) is 0 Å². The number of rotatable bonds is 7. The Kier molecular flexibility index (Phi) is 5.38. The third-order valence-corrected chi connectivity index (χ3v) is 5.20. The Balaban J connectivity index is 1.54. The van der Waals surface area contributed by atoms with E-state index in [1.807, 2.05) is 18.2 Å². The summed E-state index contributed by atoms with van der Waals surface area (Å²) in [5, 5.41) is 10.6. The molecule has 0 radical (unpaired) electrons. The zero-order valence-corrected chi connectivity index (χ0v) is 14.7. The lowest BCUT2D eigenvalue weighted by atomic mass is 10.1. The Bertz CT molecular complexity index is 896. The van der Waals surface area contributed by atoms with Crippen LogP contribution >= 0.6 is 0 Å². The highest BCUT2D eigenvalue weighted by Gasteiger charge is 2.14. The van der Waals surface area contributed by atoms with Crippen molar-refractivity contribution < 1.29 is 22.8 Å². The minimum absolute atomic E-state index is 0.0716. The van der Waals surface area contributed by atoms with Gasteiger partial charge >= 0.3 is 0 Å². The summed E-state index contributed by atoms with van der Waals surface area (Å²) in [5.74, 6) is 1.13. The Labute approximate surface area is 150 Å². The first-order chi connectivity index (χ1) is 12.4. The molecule has 0 aliphatic carbocycles. The van der Waals surface area contributed by atoms with Gasteiger partial charge in [-0.1, -0.05) is 18.2 Å². The number of hydrogen-bond donors (Lipinski definition) is 1. The maximum absolute atomic E-state index is 12.2. The summed E-state index contributed by atoms with van der Waals surface area (Å²) < 4.78 is 37.8. The molecule has 2 aromatic carbocycles. The Hall–Kier alpha value is -2.65. The molecule has 3 rings (SSSR count). The molecule has 1 N–H and O–H groups in total. The van der Waals surface area contributed by atoms with Crippen molar-refractivity contribution in [3.63, 3.8) is 0 Å². The Morgan fingerprint density at radius 3 is 2.35 bits per heavy atom. The van der Waals surface area contributed by atoms with Crippen LogP contribution in [0.15, 0.2) is 42.5 Å². The minimum Gasteiger partial charge on any atom is -0.486 e. The summed E-state index contributed by atoms with van der Waals surface area (Å²) in [4.78, 5) is 10.1. The number of nitro groups is 1. The van der Waals surface area contributed by atoms with Gasteiger partial charge in [0.2, 0.25) is 10.0 Å². The molecule has 1 aliphatic rings. The first kappa shape index (κ1) is 18.2. The fourth-order valence-electron chi connectivity index (χ4n) is 2.58. The zero-order chi connectivity index (χ0) is 18.6. The number of nitro benzene ring substituents is 1. The van der Waals surface area contributed by atoms with E-state index in [1.165, 1.54) is 24.3 Å². The van der Waals surface area contributed by atoms with Crippen molar-refractivity contribution in [3.05, 3.63) is 63.7 Å². The SMILES string of the molecule is O=[N+]([O-])c1ccc(CS(=O)(=O)NCCc2ccc3c(c2)OCCO3)cc1. The topological polar surface area (TPSA) is 108 Å². The van der Waals surface area contributed by atoms with Crippen LogP contribution in [0.25, 0.3) is 0 Å². The largest absolute Gasteiger partial charge is 0.486 e. The van der Waals surface area contributed by atoms with E-state index in [0.717, 1.165) is 5.56 Å². The molecule has 0 bridgehead atoms.